The Bertz CT molecular complexity index is 253. The smallest absolute Gasteiger partial charge is 0.119 e. The van der Waals surface area contributed by atoms with Crippen LogP contribution in [-0.4, -0.2) is 7.11 Å². The molecule has 1 aromatic carbocycles. The molecule has 0 aliphatic rings. The van der Waals surface area contributed by atoms with E-state index in [0.29, 0.717) is 0 Å². The predicted octanol–water partition coefficient (Wildman–Crippen LogP) is 2.82. The van der Waals surface area contributed by atoms with Crippen LogP contribution in [0.2, 0.25) is 0 Å². The van der Waals surface area contributed by atoms with Gasteiger partial charge in [0.05, 0.1) is 7.11 Å². The first kappa shape index (κ1) is 8.85. The van der Waals surface area contributed by atoms with Crippen LogP contribution in [0.3, 0.4) is 0 Å². The summed E-state index contributed by atoms with van der Waals surface area (Å²) in [7, 11) is 1.67. The molecule has 0 heterocycles. The quantitative estimate of drug-likeness (QED) is 0.617. The summed E-state index contributed by atoms with van der Waals surface area (Å²) in [4.78, 5) is 0. The lowest BCUT2D eigenvalue weighted by atomic mass is 10.1. The molecule has 63 valence electrons. The molecule has 0 aliphatic carbocycles. The number of rotatable bonds is 4. The van der Waals surface area contributed by atoms with E-state index in [-0.39, 0.29) is 0 Å². The Hall–Kier alpha value is -1.24. The molecular weight excluding hydrogens is 148 g/mol. The summed E-state index contributed by atoms with van der Waals surface area (Å²) < 4.78 is 5.09. The van der Waals surface area contributed by atoms with Gasteiger partial charge in [0.15, 0.2) is 0 Å². The van der Waals surface area contributed by atoms with Gasteiger partial charge in [0.1, 0.15) is 5.75 Å². The molecule has 0 saturated carbocycles. The molecule has 0 bridgehead atoms. The van der Waals surface area contributed by atoms with Crippen LogP contribution in [0.25, 0.3) is 0 Å². The van der Waals surface area contributed by atoms with Gasteiger partial charge in [-0.2, -0.15) is 0 Å². The van der Waals surface area contributed by atoms with E-state index in [9.17, 15) is 0 Å². The molecule has 1 aromatic rings. The number of hydrogen-bond donors (Lipinski definition) is 0. The Morgan fingerprint density at radius 1 is 1.50 bits per heavy atom. The lowest BCUT2D eigenvalue weighted by Crippen LogP contribution is -1.84. The zero-order valence-electron chi connectivity index (χ0n) is 7.29. The standard InChI is InChI=1S/C11H13O/c1-3-4-6-10-7-5-8-11(9-10)12-2/h3,5-9H,1,4H2,2H3. The van der Waals surface area contributed by atoms with Crippen LogP contribution in [0.1, 0.15) is 12.0 Å². The summed E-state index contributed by atoms with van der Waals surface area (Å²) in [5.41, 5.74) is 1.18. The molecule has 0 aliphatic heterocycles. The van der Waals surface area contributed by atoms with Crippen molar-refractivity contribution in [2.75, 3.05) is 7.11 Å². The van der Waals surface area contributed by atoms with Crippen molar-refractivity contribution in [3.63, 3.8) is 0 Å². The molecule has 0 spiro atoms. The second-order valence-corrected chi connectivity index (χ2v) is 2.51. The van der Waals surface area contributed by atoms with Crippen LogP contribution in [0.4, 0.5) is 0 Å². The zero-order chi connectivity index (χ0) is 8.81. The van der Waals surface area contributed by atoms with Crippen LogP contribution in [0, 0.1) is 6.42 Å². The third-order valence-corrected chi connectivity index (χ3v) is 1.61. The van der Waals surface area contributed by atoms with Gasteiger partial charge in [-0.15, -0.1) is 6.58 Å². The van der Waals surface area contributed by atoms with E-state index in [0.717, 1.165) is 12.2 Å². The number of ether oxygens (including phenoxy) is 1. The van der Waals surface area contributed by atoms with E-state index in [1.165, 1.54) is 5.56 Å². The fraction of sp³-hybridized carbons (Fsp3) is 0.182. The van der Waals surface area contributed by atoms with E-state index in [1.807, 2.05) is 30.3 Å². The summed E-state index contributed by atoms with van der Waals surface area (Å²) in [5.74, 6) is 0.896. The average molecular weight is 161 g/mol. The minimum atomic E-state index is 0.896. The molecule has 0 atom stereocenters. The Morgan fingerprint density at radius 2 is 2.33 bits per heavy atom. The van der Waals surface area contributed by atoms with Crippen LogP contribution in [-0.2, 0) is 0 Å². The fourth-order valence-corrected chi connectivity index (χ4v) is 0.988. The molecule has 1 radical (unpaired) electrons. The maximum Gasteiger partial charge on any atom is 0.119 e. The molecule has 0 N–H and O–H groups in total. The molecular formula is C11H13O. The van der Waals surface area contributed by atoms with Gasteiger partial charge in [-0.1, -0.05) is 18.2 Å². The van der Waals surface area contributed by atoms with Crippen molar-refractivity contribution in [2.24, 2.45) is 0 Å². The van der Waals surface area contributed by atoms with E-state index in [4.69, 9.17) is 4.74 Å². The molecule has 12 heavy (non-hydrogen) atoms. The normalized spacial score (nSPS) is 9.42. The average Bonchev–Trinajstić information content (AvgIpc) is 2.15. The monoisotopic (exact) mass is 161 g/mol. The molecule has 0 saturated heterocycles. The molecule has 0 fully saturated rings. The second-order valence-electron chi connectivity index (χ2n) is 2.51. The van der Waals surface area contributed by atoms with Crippen LogP contribution < -0.4 is 4.74 Å². The highest BCUT2D eigenvalue weighted by molar-refractivity contribution is 5.32. The third-order valence-electron chi connectivity index (χ3n) is 1.61. The van der Waals surface area contributed by atoms with E-state index >= 15 is 0 Å². The molecule has 0 aromatic heterocycles. The Morgan fingerprint density at radius 3 is 3.00 bits per heavy atom. The molecule has 1 rings (SSSR count). The predicted molar refractivity (Wildman–Crippen MR) is 51.2 cm³/mol. The van der Waals surface area contributed by atoms with Crippen molar-refractivity contribution in [1.82, 2.24) is 0 Å². The van der Waals surface area contributed by atoms with Crippen LogP contribution in [0.15, 0.2) is 36.9 Å². The van der Waals surface area contributed by atoms with Gasteiger partial charge in [0, 0.05) is 0 Å². The van der Waals surface area contributed by atoms with E-state index < -0.39 is 0 Å². The largest absolute Gasteiger partial charge is 0.497 e. The van der Waals surface area contributed by atoms with Gasteiger partial charge in [0.2, 0.25) is 0 Å². The van der Waals surface area contributed by atoms with Crippen LogP contribution >= 0.6 is 0 Å². The first-order chi connectivity index (χ1) is 5.86. The Labute approximate surface area is 73.7 Å². The van der Waals surface area contributed by atoms with Gasteiger partial charge in [-0.3, -0.25) is 0 Å². The highest BCUT2D eigenvalue weighted by Crippen LogP contribution is 2.14. The molecule has 0 unspecified atom stereocenters. The van der Waals surface area contributed by atoms with Crippen molar-refractivity contribution in [3.05, 3.63) is 48.9 Å². The first-order valence-corrected chi connectivity index (χ1v) is 3.95. The van der Waals surface area contributed by atoms with Crippen molar-refractivity contribution in [3.8, 4) is 5.75 Å². The third kappa shape index (κ3) is 2.42. The minimum Gasteiger partial charge on any atom is -0.497 e. The molecule has 1 nitrogen and oxygen atoms in total. The molecule has 0 amide bonds. The number of methoxy groups -OCH3 is 1. The van der Waals surface area contributed by atoms with Gasteiger partial charge < -0.3 is 4.74 Å². The summed E-state index contributed by atoms with van der Waals surface area (Å²) in [6, 6.07) is 7.97. The zero-order valence-corrected chi connectivity index (χ0v) is 7.29. The number of hydrogen-bond acceptors (Lipinski definition) is 1. The highest BCUT2D eigenvalue weighted by Gasteiger charge is 1.93. The lowest BCUT2D eigenvalue weighted by molar-refractivity contribution is 0.414. The van der Waals surface area contributed by atoms with E-state index in [1.54, 1.807) is 7.11 Å². The summed E-state index contributed by atoms with van der Waals surface area (Å²) >= 11 is 0. The van der Waals surface area contributed by atoms with Gasteiger partial charge in [-0.25, -0.2) is 0 Å². The van der Waals surface area contributed by atoms with Crippen molar-refractivity contribution < 1.29 is 4.74 Å². The highest BCUT2D eigenvalue weighted by atomic mass is 16.5. The fourth-order valence-electron chi connectivity index (χ4n) is 0.988. The van der Waals surface area contributed by atoms with Gasteiger partial charge in [0.25, 0.3) is 0 Å². The summed E-state index contributed by atoms with van der Waals surface area (Å²) in [6.07, 6.45) is 4.88. The number of benzene rings is 1. The maximum atomic E-state index is 5.09. The van der Waals surface area contributed by atoms with E-state index in [2.05, 4.69) is 13.0 Å². The van der Waals surface area contributed by atoms with Crippen LogP contribution in [0.5, 0.6) is 5.75 Å². The van der Waals surface area contributed by atoms with Gasteiger partial charge in [-0.05, 0) is 30.5 Å². The summed E-state index contributed by atoms with van der Waals surface area (Å²) in [6.45, 7) is 3.66. The first-order valence-electron chi connectivity index (χ1n) is 3.95. The SMILES string of the molecule is C=CC[CH]c1cccc(OC)c1. The van der Waals surface area contributed by atoms with Crippen molar-refractivity contribution in [2.45, 2.75) is 6.42 Å². The topological polar surface area (TPSA) is 9.23 Å². The van der Waals surface area contributed by atoms with Crippen molar-refractivity contribution in [1.29, 1.82) is 0 Å². The minimum absolute atomic E-state index is 0.896. The molecule has 1 heteroatoms. The lowest BCUT2D eigenvalue weighted by Gasteiger charge is -2.01. The van der Waals surface area contributed by atoms with Crippen molar-refractivity contribution >= 4 is 0 Å². The maximum absolute atomic E-state index is 5.09. The van der Waals surface area contributed by atoms with Gasteiger partial charge >= 0.3 is 0 Å². The number of allylic oxidation sites excluding steroid dienone is 1. The summed E-state index contributed by atoms with van der Waals surface area (Å²) in [5, 5.41) is 0. The second kappa shape index (κ2) is 4.60. The Kier molecular flexibility index (Phi) is 3.39. The Balaban J connectivity index is 2.65.